The van der Waals surface area contributed by atoms with Gasteiger partial charge in [-0.1, -0.05) is 65.7 Å². The second kappa shape index (κ2) is 8.74. The SMILES string of the molecule is C1CCC(P(C2CCCCC2)C2CCCCC2)CC1.N. The molecular weight excluding hydrogens is 261 g/mol. The topological polar surface area (TPSA) is 35.0 Å². The van der Waals surface area contributed by atoms with Crippen LogP contribution in [-0.2, 0) is 0 Å². The molecule has 3 aliphatic carbocycles. The second-order valence-corrected chi connectivity index (χ2v) is 10.4. The molecule has 0 aromatic rings. The lowest BCUT2D eigenvalue weighted by Crippen LogP contribution is -2.28. The first-order valence-corrected chi connectivity index (χ1v) is 10.8. The molecule has 3 N–H and O–H groups in total. The van der Waals surface area contributed by atoms with Crippen LogP contribution in [0.5, 0.6) is 0 Å². The monoisotopic (exact) mass is 297 g/mol. The lowest BCUT2D eigenvalue weighted by molar-refractivity contribution is 0.460. The minimum Gasteiger partial charge on any atom is -0.344 e. The Balaban J connectivity index is 0.00000147. The fourth-order valence-corrected chi connectivity index (χ4v) is 9.71. The average Bonchev–Trinajstić information content (AvgIpc) is 2.51. The van der Waals surface area contributed by atoms with Crippen LogP contribution in [0.2, 0.25) is 0 Å². The molecule has 3 fully saturated rings. The highest BCUT2D eigenvalue weighted by Crippen LogP contribution is 2.61. The van der Waals surface area contributed by atoms with E-state index >= 15 is 0 Å². The van der Waals surface area contributed by atoms with Crippen molar-refractivity contribution in [1.82, 2.24) is 6.15 Å². The van der Waals surface area contributed by atoms with Gasteiger partial charge in [0.05, 0.1) is 0 Å². The summed E-state index contributed by atoms with van der Waals surface area (Å²) in [5.74, 6) is 0. The van der Waals surface area contributed by atoms with Crippen LogP contribution in [0.4, 0.5) is 0 Å². The first kappa shape index (κ1) is 16.8. The van der Waals surface area contributed by atoms with Gasteiger partial charge in [0.15, 0.2) is 0 Å². The Bertz CT molecular complexity index is 207. The molecule has 0 aliphatic heterocycles. The van der Waals surface area contributed by atoms with E-state index in [-0.39, 0.29) is 6.15 Å². The summed E-state index contributed by atoms with van der Waals surface area (Å²) in [5, 5.41) is 0. The van der Waals surface area contributed by atoms with E-state index in [0.717, 1.165) is 0 Å². The minimum atomic E-state index is 0. The van der Waals surface area contributed by atoms with Gasteiger partial charge in [-0.3, -0.25) is 0 Å². The van der Waals surface area contributed by atoms with Gasteiger partial charge in [0.1, 0.15) is 0 Å². The van der Waals surface area contributed by atoms with Crippen molar-refractivity contribution in [3.8, 4) is 0 Å². The molecule has 0 atom stereocenters. The second-order valence-electron chi connectivity index (χ2n) is 7.32. The van der Waals surface area contributed by atoms with Gasteiger partial charge in [-0.05, 0) is 55.5 Å². The van der Waals surface area contributed by atoms with Gasteiger partial charge in [0, 0.05) is 0 Å². The van der Waals surface area contributed by atoms with Crippen molar-refractivity contribution in [2.24, 2.45) is 0 Å². The Labute approximate surface area is 128 Å². The predicted molar refractivity (Wildman–Crippen MR) is 92.6 cm³/mol. The van der Waals surface area contributed by atoms with Gasteiger partial charge >= 0.3 is 0 Å². The Morgan fingerprint density at radius 3 is 0.900 bits per heavy atom. The molecular formula is C18H36NP. The zero-order valence-electron chi connectivity index (χ0n) is 13.5. The number of rotatable bonds is 3. The van der Waals surface area contributed by atoms with Gasteiger partial charge in [-0.15, -0.1) is 0 Å². The van der Waals surface area contributed by atoms with E-state index in [1.54, 1.807) is 77.0 Å². The van der Waals surface area contributed by atoms with Crippen molar-refractivity contribution in [2.45, 2.75) is 113 Å². The van der Waals surface area contributed by atoms with Crippen LogP contribution >= 0.6 is 7.92 Å². The first-order valence-electron chi connectivity index (χ1n) is 9.22. The van der Waals surface area contributed by atoms with Gasteiger partial charge in [-0.2, -0.15) is 0 Å². The zero-order valence-corrected chi connectivity index (χ0v) is 14.4. The molecule has 20 heavy (non-hydrogen) atoms. The molecule has 0 spiro atoms. The number of hydrogen-bond donors (Lipinski definition) is 1. The lowest BCUT2D eigenvalue weighted by atomic mass is 9.99. The molecule has 3 aliphatic rings. The fourth-order valence-electron chi connectivity index (χ4n) is 5.03. The molecule has 1 nitrogen and oxygen atoms in total. The van der Waals surface area contributed by atoms with Crippen LogP contribution in [0.25, 0.3) is 0 Å². The molecule has 3 saturated carbocycles. The fraction of sp³-hybridized carbons (Fsp3) is 1.00. The summed E-state index contributed by atoms with van der Waals surface area (Å²) >= 11 is 0. The van der Waals surface area contributed by atoms with E-state index in [4.69, 9.17) is 0 Å². The predicted octanol–water partition coefficient (Wildman–Crippen LogP) is 6.63. The molecule has 3 rings (SSSR count). The zero-order chi connectivity index (χ0) is 12.9. The van der Waals surface area contributed by atoms with Gasteiger partial charge in [0.25, 0.3) is 0 Å². The Morgan fingerprint density at radius 2 is 0.650 bits per heavy atom. The van der Waals surface area contributed by atoms with E-state index in [1.165, 1.54) is 36.2 Å². The van der Waals surface area contributed by atoms with E-state index in [2.05, 4.69) is 0 Å². The molecule has 0 heterocycles. The van der Waals surface area contributed by atoms with Crippen LogP contribution in [0.3, 0.4) is 0 Å². The third kappa shape index (κ3) is 4.20. The van der Waals surface area contributed by atoms with Crippen molar-refractivity contribution in [1.29, 1.82) is 0 Å². The summed E-state index contributed by atoms with van der Waals surface area (Å²) in [4.78, 5) is 0. The van der Waals surface area contributed by atoms with Crippen molar-refractivity contribution in [3.05, 3.63) is 0 Å². The molecule has 0 amide bonds. The first-order chi connectivity index (χ1) is 9.45. The molecule has 0 radical (unpaired) electrons. The lowest BCUT2D eigenvalue weighted by Gasteiger charge is -2.44. The summed E-state index contributed by atoms with van der Waals surface area (Å²) in [6, 6.07) is 0. The van der Waals surface area contributed by atoms with E-state index in [0.29, 0.717) is 7.92 Å². The maximum atomic E-state index is 1.61. The average molecular weight is 297 g/mol. The summed E-state index contributed by atoms with van der Waals surface area (Å²) in [5.41, 5.74) is 3.57. The van der Waals surface area contributed by atoms with Crippen LogP contribution < -0.4 is 6.15 Å². The van der Waals surface area contributed by atoms with E-state index in [1.807, 2.05) is 0 Å². The van der Waals surface area contributed by atoms with Gasteiger partial charge < -0.3 is 6.15 Å². The van der Waals surface area contributed by atoms with Crippen LogP contribution in [0.1, 0.15) is 96.3 Å². The van der Waals surface area contributed by atoms with E-state index in [9.17, 15) is 0 Å². The number of hydrogen-bond acceptors (Lipinski definition) is 1. The maximum absolute atomic E-state index is 1.61. The van der Waals surface area contributed by atoms with E-state index < -0.39 is 0 Å². The quantitative estimate of drug-likeness (QED) is 0.583. The summed E-state index contributed by atoms with van der Waals surface area (Å²) in [7, 11) is 0.385. The molecule has 0 aromatic heterocycles. The molecule has 118 valence electrons. The van der Waals surface area contributed by atoms with Gasteiger partial charge in [0.2, 0.25) is 0 Å². The molecule has 0 unspecified atom stereocenters. The van der Waals surface area contributed by atoms with Crippen LogP contribution in [-0.4, -0.2) is 17.0 Å². The third-order valence-electron chi connectivity index (χ3n) is 5.99. The van der Waals surface area contributed by atoms with Crippen LogP contribution in [0.15, 0.2) is 0 Å². The van der Waals surface area contributed by atoms with Crippen molar-refractivity contribution in [3.63, 3.8) is 0 Å². The molecule has 0 bridgehead atoms. The van der Waals surface area contributed by atoms with Gasteiger partial charge in [-0.25, -0.2) is 0 Å². The minimum absolute atomic E-state index is 0. The third-order valence-corrected chi connectivity index (χ3v) is 10.1. The Kier molecular flexibility index (Phi) is 7.32. The smallest absolute Gasteiger partial charge is 0.0204 e. The Morgan fingerprint density at radius 1 is 0.400 bits per heavy atom. The highest BCUT2D eigenvalue weighted by molar-refractivity contribution is 7.59. The maximum Gasteiger partial charge on any atom is -0.0204 e. The normalized spacial score (nSPS) is 27.4. The largest absolute Gasteiger partial charge is 0.344 e. The highest BCUT2D eigenvalue weighted by Gasteiger charge is 2.36. The molecule has 0 saturated heterocycles. The van der Waals surface area contributed by atoms with Crippen molar-refractivity contribution >= 4 is 7.92 Å². The molecule has 2 heteroatoms. The Hall–Kier alpha value is 0.390. The molecule has 0 aromatic carbocycles. The standard InChI is InChI=1S/C18H33P.H3N/c1-4-10-16(11-5-1)19(17-12-6-2-7-13-17)18-14-8-3-9-15-18;/h16-18H,1-15H2;1H3. The summed E-state index contributed by atoms with van der Waals surface area (Å²) in [6.45, 7) is 0. The van der Waals surface area contributed by atoms with Crippen molar-refractivity contribution in [2.75, 3.05) is 0 Å². The van der Waals surface area contributed by atoms with Crippen molar-refractivity contribution < 1.29 is 0 Å². The summed E-state index contributed by atoms with van der Waals surface area (Å²) in [6.07, 6.45) is 23.6. The summed E-state index contributed by atoms with van der Waals surface area (Å²) < 4.78 is 0. The highest BCUT2D eigenvalue weighted by atomic mass is 31.1. The van der Waals surface area contributed by atoms with Crippen LogP contribution in [0, 0.1) is 0 Å².